The molecule has 0 saturated heterocycles. The van der Waals surface area contributed by atoms with Gasteiger partial charge in [-0.25, -0.2) is 13.6 Å². The topological polar surface area (TPSA) is 57.6 Å². The third-order valence-corrected chi connectivity index (χ3v) is 6.10. The molecule has 1 amide bonds. The molecule has 30 heavy (non-hydrogen) atoms. The number of rotatable bonds is 4. The molecule has 5 rings (SSSR count). The Labute approximate surface area is 171 Å². The second-order valence-corrected chi connectivity index (χ2v) is 7.84. The molecule has 2 unspecified atom stereocenters. The van der Waals surface area contributed by atoms with E-state index in [1.54, 1.807) is 41.3 Å². The van der Waals surface area contributed by atoms with Crippen LogP contribution < -0.4 is 4.90 Å². The predicted molar refractivity (Wildman–Crippen MR) is 106 cm³/mol. The summed E-state index contributed by atoms with van der Waals surface area (Å²) in [5.74, 6) is -2.11. The summed E-state index contributed by atoms with van der Waals surface area (Å²) in [6, 6.07) is 16.8. The van der Waals surface area contributed by atoms with Gasteiger partial charge in [-0.3, -0.25) is 4.79 Å². The average molecular weight is 405 g/mol. The maximum atomic E-state index is 13.7. The monoisotopic (exact) mass is 405 g/mol. The maximum Gasteiger partial charge on any atom is 0.335 e. The Kier molecular flexibility index (Phi) is 4.00. The zero-order valence-corrected chi connectivity index (χ0v) is 15.8. The standard InChI is InChI=1S/C24H17F2NO3/c25-17-7-4-15(5-8-17)20-12-24(20)19-11-16(22(28)29)6-9-21(19)27(23(24)30)13-14-2-1-3-18(26)10-14/h1-11,20H,12-13H2,(H,28,29). The summed E-state index contributed by atoms with van der Waals surface area (Å²) >= 11 is 0. The molecule has 1 heterocycles. The van der Waals surface area contributed by atoms with Crippen LogP contribution in [0.4, 0.5) is 14.5 Å². The van der Waals surface area contributed by atoms with E-state index in [-0.39, 0.29) is 35.6 Å². The lowest BCUT2D eigenvalue weighted by molar-refractivity contribution is -0.120. The zero-order valence-electron chi connectivity index (χ0n) is 15.8. The van der Waals surface area contributed by atoms with E-state index in [0.29, 0.717) is 23.2 Å². The molecule has 1 spiro atoms. The second kappa shape index (κ2) is 6.49. The van der Waals surface area contributed by atoms with Gasteiger partial charge in [-0.05, 0) is 65.6 Å². The highest BCUT2D eigenvalue weighted by Crippen LogP contribution is 2.66. The Hall–Kier alpha value is -3.54. The number of aromatic carboxylic acids is 1. The third-order valence-electron chi connectivity index (χ3n) is 6.10. The quantitative estimate of drug-likeness (QED) is 0.688. The normalized spacial score (nSPS) is 21.7. The number of benzene rings is 3. The summed E-state index contributed by atoms with van der Waals surface area (Å²) in [4.78, 5) is 26.7. The lowest BCUT2D eigenvalue weighted by Crippen LogP contribution is -2.32. The second-order valence-electron chi connectivity index (χ2n) is 7.84. The molecule has 0 aromatic heterocycles. The molecule has 6 heteroatoms. The first-order valence-corrected chi connectivity index (χ1v) is 9.60. The van der Waals surface area contributed by atoms with Crippen LogP contribution in [-0.2, 0) is 16.8 Å². The number of hydrogen-bond acceptors (Lipinski definition) is 2. The molecule has 1 saturated carbocycles. The summed E-state index contributed by atoms with van der Waals surface area (Å²) in [6.45, 7) is 0.188. The Morgan fingerprint density at radius 1 is 1.03 bits per heavy atom. The number of carbonyl (C=O) groups excluding carboxylic acids is 1. The first-order valence-electron chi connectivity index (χ1n) is 9.60. The van der Waals surface area contributed by atoms with Crippen LogP contribution in [0.1, 0.15) is 39.4 Å². The van der Waals surface area contributed by atoms with Crippen molar-refractivity contribution in [1.82, 2.24) is 0 Å². The van der Waals surface area contributed by atoms with Crippen molar-refractivity contribution >= 4 is 17.6 Å². The number of amides is 1. The number of hydrogen-bond donors (Lipinski definition) is 1. The Morgan fingerprint density at radius 2 is 1.80 bits per heavy atom. The van der Waals surface area contributed by atoms with E-state index in [2.05, 4.69) is 0 Å². The molecule has 1 N–H and O–H groups in total. The van der Waals surface area contributed by atoms with Crippen molar-refractivity contribution in [1.29, 1.82) is 0 Å². The largest absolute Gasteiger partial charge is 0.478 e. The van der Waals surface area contributed by atoms with E-state index in [1.165, 1.54) is 30.3 Å². The van der Waals surface area contributed by atoms with Gasteiger partial charge in [-0.1, -0.05) is 24.3 Å². The maximum absolute atomic E-state index is 13.7. The van der Waals surface area contributed by atoms with Crippen molar-refractivity contribution in [3.8, 4) is 0 Å². The molecule has 0 bridgehead atoms. The van der Waals surface area contributed by atoms with Crippen LogP contribution in [-0.4, -0.2) is 17.0 Å². The van der Waals surface area contributed by atoms with Crippen LogP contribution in [0.15, 0.2) is 66.7 Å². The van der Waals surface area contributed by atoms with Crippen molar-refractivity contribution in [3.05, 3.63) is 101 Å². The number of carboxylic acid groups (broad SMARTS) is 1. The molecule has 1 aliphatic carbocycles. The van der Waals surface area contributed by atoms with Gasteiger partial charge in [0.25, 0.3) is 0 Å². The fraction of sp³-hybridized carbons (Fsp3) is 0.167. The Morgan fingerprint density at radius 3 is 2.50 bits per heavy atom. The van der Waals surface area contributed by atoms with Gasteiger partial charge < -0.3 is 10.0 Å². The van der Waals surface area contributed by atoms with E-state index >= 15 is 0 Å². The van der Waals surface area contributed by atoms with Crippen LogP contribution in [0, 0.1) is 11.6 Å². The number of fused-ring (bicyclic) bond motifs is 2. The fourth-order valence-electron chi connectivity index (χ4n) is 4.60. The average Bonchev–Trinajstić information content (AvgIpc) is 3.44. The molecule has 2 atom stereocenters. The summed E-state index contributed by atoms with van der Waals surface area (Å²) < 4.78 is 27.0. The van der Waals surface area contributed by atoms with Crippen LogP contribution in [0.5, 0.6) is 0 Å². The summed E-state index contributed by atoms with van der Waals surface area (Å²) in [5, 5.41) is 9.44. The van der Waals surface area contributed by atoms with Crippen LogP contribution >= 0.6 is 0 Å². The van der Waals surface area contributed by atoms with Crippen molar-refractivity contribution in [3.63, 3.8) is 0 Å². The molecule has 3 aromatic rings. The summed E-state index contributed by atoms with van der Waals surface area (Å²) in [6.07, 6.45) is 0.521. The van der Waals surface area contributed by atoms with Crippen LogP contribution in [0.25, 0.3) is 0 Å². The smallest absolute Gasteiger partial charge is 0.335 e. The fourth-order valence-corrected chi connectivity index (χ4v) is 4.60. The van der Waals surface area contributed by atoms with Gasteiger partial charge in [-0.15, -0.1) is 0 Å². The van der Waals surface area contributed by atoms with Crippen molar-refractivity contribution in [2.24, 2.45) is 0 Å². The van der Waals surface area contributed by atoms with Gasteiger partial charge in [0, 0.05) is 11.6 Å². The lowest BCUT2D eigenvalue weighted by atomic mass is 9.91. The lowest BCUT2D eigenvalue weighted by Gasteiger charge is -2.18. The molecule has 1 aliphatic heterocycles. The highest BCUT2D eigenvalue weighted by Gasteiger charge is 2.67. The summed E-state index contributed by atoms with van der Waals surface area (Å²) in [7, 11) is 0. The number of carbonyl (C=O) groups is 2. The number of halogens is 2. The molecular formula is C24H17F2NO3. The molecule has 3 aromatic carbocycles. The van der Waals surface area contributed by atoms with Gasteiger partial charge in [0.1, 0.15) is 11.6 Å². The van der Waals surface area contributed by atoms with E-state index in [9.17, 15) is 23.5 Å². The van der Waals surface area contributed by atoms with Crippen molar-refractivity contribution < 1.29 is 23.5 Å². The SMILES string of the molecule is O=C(O)c1ccc2c(c1)C1(CC1c1ccc(F)cc1)C(=O)N2Cc1cccc(F)c1. The molecular weight excluding hydrogens is 388 g/mol. The Balaban J connectivity index is 1.59. The molecule has 150 valence electrons. The minimum Gasteiger partial charge on any atom is -0.478 e. The van der Waals surface area contributed by atoms with Crippen molar-refractivity contribution in [2.75, 3.05) is 4.90 Å². The number of nitrogens with zero attached hydrogens (tertiary/aromatic N) is 1. The first-order chi connectivity index (χ1) is 14.4. The van der Waals surface area contributed by atoms with Gasteiger partial charge in [0.2, 0.25) is 5.91 Å². The minimum absolute atomic E-state index is 0.110. The molecule has 4 nitrogen and oxygen atoms in total. The highest BCUT2D eigenvalue weighted by molar-refractivity contribution is 6.12. The van der Waals surface area contributed by atoms with Gasteiger partial charge >= 0.3 is 5.97 Å². The predicted octanol–water partition coefficient (Wildman–Crippen LogP) is 4.64. The molecule has 2 aliphatic rings. The zero-order chi connectivity index (χ0) is 21.0. The van der Waals surface area contributed by atoms with E-state index in [1.807, 2.05) is 0 Å². The highest BCUT2D eigenvalue weighted by atomic mass is 19.1. The molecule has 1 fully saturated rings. The van der Waals surface area contributed by atoms with Gasteiger partial charge in [0.05, 0.1) is 17.5 Å². The first kappa shape index (κ1) is 18.5. The van der Waals surface area contributed by atoms with E-state index < -0.39 is 11.4 Å². The summed E-state index contributed by atoms with van der Waals surface area (Å²) in [5.41, 5.74) is 2.03. The minimum atomic E-state index is -1.07. The number of carboxylic acids is 1. The number of anilines is 1. The van der Waals surface area contributed by atoms with Crippen LogP contribution in [0.2, 0.25) is 0 Å². The van der Waals surface area contributed by atoms with Crippen LogP contribution in [0.3, 0.4) is 0 Å². The van der Waals surface area contributed by atoms with E-state index in [4.69, 9.17) is 0 Å². The van der Waals surface area contributed by atoms with Gasteiger partial charge in [0.15, 0.2) is 0 Å². The Bertz CT molecular complexity index is 1190. The third kappa shape index (κ3) is 2.71. The molecule has 0 radical (unpaired) electrons. The van der Waals surface area contributed by atoms with Crippen molar-refractivity contribution in [2.45, 2.75) is 24.3 Å². The van der Waals surface area contributed by atoms with Gasteiger partial charge in [-0.2, -0.15) is 0 Å². The van der Waals surface area contributed by atoms with E-state index in [0.717, 1.165) is 5.56 Å².